The van der Waals surface area contributed by atoms with Crippen LogP contribution < -0.4 is 5.32 Å². The summed E-state index contributed by atoms with van der Waals surface area (Å²) in [4.78, 5) is 6.75. The Labute approximate surface area is 123 Å². The van der Waals surface area contributed by atoms with Crippen LogP contribution >= 0.6 is 0 Å². The minimum atomic E-state index is 0.272. The molecule has 5 nitrogen and oxygen atoms in total. The Morgan fingerprint density at radius 1 is 1.35 bits per heavy atom. The van der Waals surface area contributed by atoms with E-state index in [1.165, 1.54) is 12.8 Å². The molecule has 1 unspecified atom stereocenters. The Morgan fingerprint density at radius 3 is 2.75 bits per heavy atom. The van der Waals surface area contributed by atoms with Crippen LogP contribution in [0.15, 0.2) is 12.4 Å². The number of rotatable bonds is 10. The number of hydrogen-bond donors (Lipinski definition) is 1. The SMILES string of the molecule is COCC(C)Nc1nccn1CCCCN(C)C(C)C. The minimum Gasteiger partial charge on any atom is -0.383 e. The van der Waals surface area contributed by atoms with Crippen molar-refractivity contribution >= 4 is 5.95 Å². The molecular formula is C15H30N4O. The summed E-state index contributed by atoms with van der Waals surface area (Å²) in [5.74, 6) is 0.937. The lowest BCUT2D eigenvalue weighted by Gasteiger charge is -2.21. The highest BCUT2D eigenvalue weighted by Gasteiger charge is 2.07. The second kappa shape index (κ2) is 8.97. The molecule has 0 bridgehead atoms. The van der Waals surface area contributed by atoms with Gasteiger partial charge in [0.1, 0.15) is 0 Å². The van der Waals surface area contributed by atoms with E-state index in [9.17, 15) is 0 Å². The molecule has 0 saturated heterocycles. The number of nitrogens with one attached hydrogen (secondary N) is 1. The molecule has 0 saturated carbocycles. The molecule has 1 heterocycles. The van der Waals surface area contributed by atoms with Gasteiger partial charge in [0.15, 0.2) is 0 Å². The first-order chi connectivity index (χ1) is 9.54. The molecule has 5 heteroatoms. The van der Waals surface area contributed by atoms with Crippen molar-refractivity contribution in [3.8, 4) is 0 Å². The Morgan fingerprint density at radius 2 is 2.10 bits per heavy atom. The van der Waals surface area contributed by atoms with Crippen LogP contribution in [0, 0.1) is 0 Å². The number of methoxy groups -OCH3 is 1. The molecule has 0 aliphatic heterocycles. The van der Waals surface area contributed by atoms with Crippen LogP contribution in [0.5, 0.6) is 0 Å². The lowest BCUT2D eigenvalue weighted by molar-refractivity contribution is 0.190. The van der Waals surface area contributed by atoms with Gasteiger partial charge in [0.05, 0.1) is 6.61 Å². The molecule has 0 aliphatic rings. The number of imidazole rings is 1. The van der Waals surface area contributed by atoms with E-state index in [1.807, 2.05) is 12.4 Å². The average molecular weight is 282 g/mol. The minimum absolute atomic E-state index is 0.272. The first kappa shape index (κ1) is 17.0. The third-order valence-electron chi connectivity index (χ3n) is 3.55. The molecule has 1 aromatic rings. The molecule has 0 aromatic carbocycles. The zero-order chi connectivity index (χ0) is 15.0. The summed E-state index contributed by atoms with van der Waals surface area (Å²) in [5, 5.41) is 3.38. The maximum Gasteiger partial charge on any atom is 0.203 e. The molecule has 1 atom stereocenters. The lowest BCUT2D eigenvalue weighted by atomic mass is 10.2. The monoisotopic (exact) mass is 282 g/mol. The van der Waals surface area contributed by atoms with Crippen LogP contribution in [0.25, 0.3) is 0 Å². The number of nitrogens with zero attached hydrogens (tertiary/aromatic N) is 3. The van der Waals surface area contributed by atoms with Crippen LogP contribution in [-0.4, -0.2) is 53.8 Å². The Bertz CT molecular complexity index is 365. The third-order valence-corrected chi connectivity index (χ3v) is 3.55. The summed E-state index contributed by atoms with van der Waals surface area (Å²) in [6.07, 6.45) is 6.26. The number of hydrogen-bond acceptors (Lipinski definition) is 4. The Hall–Kier alpha value is -1.07. The van der Waals surface area contributed by atoms with E-state index in [4.69, 9.17) is 4.74 Å². The van der Waals surface area contributed by atoms with Crippen molar-refractivity contribution in [2.45, 2.75) is 52.2 Å². The van der Waals surface area contributed by atoms with Crippen LogP contribution in [0.3, 0.4) is 0 Å². The Balaban J connectivity index is 2.32. The molecular weight excluding hydrogens is 252 g/mol. The number of anilines is 1. The maximum absolute atomic E-state index is 5.13. The molecule has 1 N–H and O–H groups in total. The molecule has 0 aliphatic carbocycles. The van der Waals surface area contributed by atoms with Crippen LogP contribution in [0.2, 0.25) is 0 Å². The molecule has 1 rings (SSSR count). The fourth-order valence-corrected chi connectivity index (χ4v) is 2.04. The standard InChI is InChI=1S/C15H30N4O/c1-13(2)18(4)9-6-7-10-19-11-8-16-15(19)17-14(3)12-20-5/h8,11,13-14H,6-7,9-10,12H2,1-5H3,(H,16,17). The fourth-order valence-electron chi connectivity index (χ4n) is 2.04. The number of unbranched alkanes of at least 4 members (excludes halogenated alkanes) is 1. The lowest BCUT2D eigenvalue weighted by Crippen LogP contribution is -2.27. The fraction of sp³-hybridized carbons (Fsp3) is 0.800. The topological polar surface area (TPSA) is 42.3 Å². The summed E-state index contributed by atoms with van der Waals surface area (Å²) in [7, 11) is 3.90. The van der Waals surface area contributed by atoms with Crippen molar-refractivity contribution in [1.29, 1.82) is 0 Å². The van der Waals surface area contributed by atoms with Gasteiger partial charge in [-0.25, -0.2) is 4.98 Å². The molecule has 0 radical (unpaired) electrons. The van der Waals surface area contributed by atoms with E-state index in [0.717, 1.165) is 19.0 Å². The smallest absolute Gasteiger partial charge is 0.203 e. The van der Waals surface area contributed by atoms with Gasteiger partial charge >= 0.3 is 0 Å². The average Bonchev–Trinajstić information content (AvgIpc) is 2.81. The van der Waals surface area contributed by atoms with E-state index < -0.39 is 0 Å². The second-order valence-electron chi connectivity index (χ2n) is 5.73. The molecule has 116 valence electrons. The predicted molar refractivity (Wildman–Crippen MR) is 84.2 cm³/mol. The Kier molecular flexibility index (Phi) is 7.62. The summed E-state index contributed by atoms with van der Waals surface area (Å²) in [5.41, 5.74) is 0. The van der Waals surface area contributed by atoms with Crippen molar-refractivity contribution in [2.24, 2.45) is 0 Å². The zero-order valence-corrected chi connectivity index (χ0v) is 13.6. The predicted octanol–water partition coefficient (Wildman–Crippen LogP) is 2.45. The quantitative estimate of drug-likeness (QED) is 0.669. The van der Waals surface area contributed by atoms with Gasteiger partial charge in [-0.15, -0.1) is 0 Å². The van der Waals surface area contributed by atoms with Crippen molar-refractivity contribution in [2.75, 3.05) is 32.6 Å². The van der Waals surface area contributed by atoms with Gasteiger partial charge in [0, 0.05) is 38.1 Å². The third kappa shape index (κ3) is 5.92. The van der Waals surface area contributed by atoms with Gasteiger partial charge < -0.3 is 19.5 Å². The van der Waals surface area contributed by atoms with Crippen molar-refractivity contribution in [3.63, 3.8) is 0 Å². The van der Waals surface area contributed by atoms with Crippen LogP contribution in [0.1, 0.15) is 33.6 Å². The highest BCUT2D eigenvalue weighted by Crippen LogP contribution is 2.09. The van der Waals surface area contributed by atoms with Crippen molar-refractivity contribution < 1.29 is 4.74 Å². The first-order valence-corrected chi connectivity index (χ1v) is 7.51. The normalized spacial score (nSPS) is 13.2. The molecule has 1 aromatic heterocycles. The molecule has 0 spiro atoms. The van der Waals surface area contributed by atoms with E-state index in [2.05, 4.69) is 47.6 Å². The van der Waals surface area contributed by atoms with E-state index in [0.29, 0.717) is 12.6 Å². The van der Waals surface area contributed by atoms with Gasteiger partial charge in [-0.2, -0.15) is 0 Å². The number of ether oxygens (including phenoxy) is 1. The highest BCUT2D eigenvalue weighted by atomic mass is 16.5. The van der Waals surface area contributed by atoms with Crippen molar-refractivity contribution in [1.82, 2.24) is 14.5 Å². The summed E-state index contributed by atoms with van der Waals surface area (Å²) in [6, 6.07) is 0.892. The van der Waals surface area contributed by atoms with Crippen LogP contribution in [-0.2, 0) is 11.3 Å². The number of aryl methyl sites for hydroxylation is 1. The highest BCUT2D eigenvalue weighted by molar-refractivity contribution is 5.27. The van der Waals surface area contributed by atoms with Crippen LogP contribution in [0.4, 0.5) is 5.95 Å². The van der Waals surface area contributed by atoms with E-state index in [1.54, 1.807) is 7.11 Å². The molecule has 20 heavy (non-hydrogen) atoms. The summed E-state index contributed by atoms with van der Waals surface area (Å²) >= 11 is 0. The van der Waals surface area contributed by atoms with Gasteiger partial charge in [0.2, 0.25) is 5.95 Å². The van der Waals surface area contributed by atoms with Gasteiger partial charge in [-0.1, -0.05) is 0 Å². The van der Waals surface area contributed by atoms with Gasteiger partial charge in [-0.05, 0) is 47.2 Å². The van der Waals surface area contributed by atoms with Gasteiger partial charge in [-0.3, -0.25) is 0 Å². The van der Waals surface area contributed by atoms with E-state index >= 15 is 0 Å². The van der Waals surface area contributed by atoms with E-state index in [-0.39, 0.29) is 6.04 Å². The summed E-state index contributed by atoms with van der Waals surface area (Å²) < 4.78 is 7.32. The van der Waals surface area contributed by atoms with Crippen molar-refractivity contribution in [3.05, 3.63) is 12.4 Å². The summed E-state index contributed by atoms with van der Waals surface area (Å²) in [6.45, 7) is 9.40. The first-order valence-electron chi connectivity index (χ1n) is 7.51. The maximum atomic E-state index is 5.13. The molecule has 0 fully saturated rings. The zero-order valence-electron chi connectivity index (χ0n) is 13.6. The van der Waals surface area contributed by atoms with Gasteiger partial charge in [0.25, 0.3) is 0 Å². The largest absolute Gasteiger partial charge is 0.383 e. The second-order valence-corrected chi connectivity index (χ2v) is 5.73. The molecule has 0 amide bonds. The number of aromatic nitrogens is 2.